The number of aromatic nitrogens is 4. The van der Waals surface area contributed by atoms with Gasteiger partial charge in [-0.05, 0) is 32.9 Å². The van der Waals surface area contributed by atoms with E-state index in [0.717, 1.165) is 9.13 Å². The minimum atomic E-state index is -2.09. The van der Waals surface area contributed by atoms with E-state index in [9.17, 15) is 35.1 Å². The molecule has 0 radical (unpaired) electrons. The Morgan fingerprint density at radius 3 is 2.23 bits per heavy atom. The van der Waals surface area contributed by atoms with E-state index in [4.69, 9.17) is 31.6 Å². The van der Waals surface area contributed by atoms with Gasteiger partial charge in [-0.2, -0.15) is 9.97 Å². The number of nitrogen functional groups attached to an aromatic ring is 1. The largest absolute Gasteiger partial charge is 0.393 e. The van der Waals surface area contributed by atoms with E-state index in [1.165, 1.54) is 45.3 Å². The number of aliphatic hydroxyl groups is 5. The Morgan fingerprint density at radius 1 is 1.05 bits per heavy atom. The Labute approximate surface area is 225 Å². The number of nitrogens with zero attached hydrogens (tertiary/aromatic N) is 4. The summed E-state index contributed by atoms with van der Waals surface area (Å²) < 4.78 is 13.4. The van der Waals surface area contributed by atoms with Crippen LogP contribution in [0.2, 0.25) is 0 Å². The number of fused-ring (bicyclic) bond motifs is 1. The predicted molar refractivity (Wildman–Crippen MR) is 131 cm³/mol. The van der Waals surface area contributed by atoms with Crippen molar-refractivity contribution in [2.45, 2.75) is 73.4 Å². The zero-order chi connectivity index (χ0) is 28.8. The summed E-state index contributed by atoms with van der Waals surface area (Å²) in [6, 6.07) is 2.60. The fraction of sp³-hybridized carbons (Fsp3) is 0.636. The van der Waals surface area contributed by atoms with Gasteiger partial charge in [0.15, 0.2) is 29.5 Å². The van der Waals surface area contributed by atoms with Crippen molar-refractivity contribution >= 4 is 23.2 Å². The van der Waals surface area contributed by atoms with E-state index in [-0.39, 0.29) is 17.5 Å². The number of nitrogens with one attached hydrogen (secondary N) is 1. The molecule has 9 atom stereocenters. The zero-order valence-corrected chi connectivity index (χ0v) is 21.8. The molecule has 0 bridgehead atoms. The van der Waals surface area contributed by atoms with Crippen molar-refractivity contribution in [3.8, 4) is 0 Å². The lowest BCUT2D eigenvalue weighted by atomic mass is 9.89. The lowest BCUT2D eigenvalue weighted by Gasteiger charge is -2.36. The van der Waals surface area contributed by atoms with Gasteiger partial charge in [0.25, 0.3) is 0 Å². The van der Waals surface area contributed by atoms with Crippen LogP contribution >= 0.6 is 11.6 Å². The number of anilines is 2. The first kappa shape index (κ1) is 27.9. The molecule has 16 nitrogen and oxygen atoms in total. The minimum absolute atomic E-state index is 0.0484. The summed E-state index contributed by atoms with van der Waals surface area (Å²) in [4.78, 5) is 38.7. The van der Waals surface area contributed by atoms with Gasteiger partial charge in [-0.15, -0.1) is 11.6 Å². The second-order valence-corrected chi connectivity index (χ2v) is 10.9. The van der Waals surface area contributed by atoms with Gasteiger partial charge in [-0.3, -0.25) is 14.0 Å². The van der Waals surface area contributed by atoms with Crippen molar-refractivity contribution in [1.29, 1.82) is 0 Å². The van der Waals surface area contributed by atoms with Crippen LogP contribution in [0.25, 0.3) is 0 Å². The lowest BCUT2D eigenvalue weighted by molar-refractivity contribution is -0.181. The highest BCUT2D eigenvalue weighted by molar-refractivity contribution is 6.19. The maximum Gasteiger partial charge on any atom is 0.351 e. The molecule has 0 spiro atoms. The Balaban J connectivity index is 1.44. The average molecular weight is 573 g/mol. The molecule has 1 aliphatic carbocycles. The van der Waals surface area contributed by atoms with Crippen molar-refractivity contribution in [2.75, 3.05) is 23.7 Å². The van der Waals surface area contributed by atoms with Crippen molar-refractivity contribution in [2.24, 2.45) is 0 Å². The molecular weight excluding hydrogens is 544 g/mol. The van der Waals surface area contributed by atoms with Crippen LogP contribution in [0, 0.1) is 0 Å². The highest BCUT2D eigenvalue weighted by atomic mass is 35.5. The first-order chi connectivity index (χ1) is 18.1. The molecule has 17 heteroatoms. The molecule has 2 aromatic heterocycles. The topological polar surface area (TPSA) is 237 Å². The van der Waals surface area contributed by atoms with Gasteiger partial charge in [0.05, 0.1) is 12.5 Å². The number of rotatable bonds is 7. The SMILES string of the molecule is C[C@]1(O)[C@H](n2ccc(NO[C@@]3(C)[C@H](n4ccc(N)nc4=O)OC4(CCl)C(O)[C@@]43O)nc2=O)O[C@](C)(CO)[C@H]1O. The Kier molecular flexibility index (Phi) is 6.19. The van der Waals surface area contributed by atoms with E-state index >= 15 is 0 Å². The molecule has 8 N–H and O–H groups in total. The molecule has 3 aliphatic rings. The van der Waals surface area contributed by atoms with Crippen molar-refractivity contribution in [1.82, 2.24) is 19.1 Å². The van der Waals surface area contributed by atoms with Crippen LogP contribution in [0.4, 0.5) is 11.6 Å². The molecule has 2 saturated heterocycles. The number of aliphatic hydroxyl groups excluding tert-OH is 3. The van der Waals surface area contributed by atoms with E-state index < -0.39 is 70.7 Å². The van der Waals surface area contributed by atoms with Crippen LogP contribution in [-0.4, -0.2) is 97.3 Å². The molecule has 2 unspecified atom stereocenters. The highest BCUT2D eigenvalue weighted by Gasteiger charge is 2.92. The molecule has 1 saturated carbocycles. The normalized spacial score (nSPS) is 42.9. The van der Waals surface area contributed by atoms with E-state index in [2.05, 4.69) is 15.4 Å². The van der Waals surface area contributed by atoms with Gasteiger partial charge < -0.3 is 40.7 Å². The van der Waals surface area contributed by atoms with Gasteiger partial charge in [0.1, 0.15) is 34.8 Å². The molecule has 3 fully saturated rings. The molecular formula is C22H29ClN6O10. The van der Waals surface area contributed by atoms with Gasteiger partial charge >= 0.3 is 11.4 Å². The number of hydrogen-bond donors (Lipinski definition) is 7. The lowest BCUT2D eigenvalue weighted by Crippen LogP contribution is -2.53. The highest BCUT2D eigenvalue weighted by Crippen LogP contribution is 2.68. The smallest absolute Gasteiger partial charge is 0.351 e. The fourth-order valence-corrected chi connectivity index (χ4v) is 5.95. The monoisotopic (exact) mass is 572 g/mol. The van der Waals surface area contributed by atoms with Crippen LogP contribution < -0.4 is 22.6 Å². The number of alkyl halides is 1. The summed E-state index contributed by atoms with van der Waals surface area (Å²) in [7, 11) is 0. The quantitative estimate of drug-likeness (QED) is 0.131. The number of halogens is 1. The summed E-state index contributed by atoms with van der Waals surface area (Å²) in [6.07, 6.45) is -3.25. The van der Waals surface area contributed by atoms with Crippen LogP contribution in [-0.2, 0) is 14.3 Å². The maximum atomic E-state index is 12.9. The number of ether oxygens (including phenoxy) is 2. The Hall–Kier alpha value is -2.67. The summed E-state index contributed by atoms with van der Waals surface area (Å²) in [5.41, 5.74) is -2.85. The van der Waals surface area contributed by atoms with Crippen molar-refractivity contribution in [3.05, 3.63) is 45.5 Å². The van der Waals surface area contributed by atoms with Gasteiger partial charge in [-0.1, -0.05) is 0 Å². The second kappa shape index (κ2) is 8.66. The second-order valence-electron chi connectivity index (χ2n) is 10.6. The minimum Gasteiger partial charge on any atom is -0.393 e. The molecule has 0 aromatic carbocycles. The molecule has 39 heavy (non-hydrogen) atoms. The summed E-state index contributed by atoms with van der Waals surface area (Å²) in [5, 5.41) is 52.8. The van der Waals surface area contributed by atoms with Gasteiger partial charge in [0, 0.05) is 12.4 Å². The summed E-state index contributed by atoms with van der Waals surface area (Å²) in [5.74, 6) is -0.553. The van der Waals surface area contributed by atoms with Gasteiger partial charge in [0.2, 0.25) is 0 Å². The maximum absolute atomic E-state index is 12.9. The zero-order valence-electron chi connectivity index (χ0n) is 21.1. The fourth-order valence-electron chi connectivity index (χ4n) is 5.54. The van der Waals surface area contributed by atoms with Crippen LogP contribution in [0.15, 0.2) is 34.1 Å². The first-order valence-electron chi connectivity index (χ1n) is 11.8. The Bertz CT molecular complexity index is 1420. The third kappa shape index (κ3) is 3.54. The molecule has 2 aromatic rings. The molecule has 4 heterocycles. The molecule has 2 aliphatic heterocycles. The van der Waals surface area contributed by atoms with E-state index in [0.29, 0.717) is 0 Å². The molecule has 214 valence electrons. The van der Waals surface area contributed by atoms with E-state index in [1.807, 2.05) is 0 Å². The number of hydrogen-bond acceptors (Lipinski definition) is 14. The molecule has 0 amide bonds. The average Bonchev–Trinajstić information content (AvgIpc) is 3.19. The number of nitrogens with two attached hydrogens (primary N) is 1. The van der Waals surface area contributed by atoms with Crippen molar-refractivity contribution in [3.63, 3.8) is 0 Å². The van der Waals surface area contributed by atoms with Crippen LogP contribution in [0.1, 0.15) is 33.2 Å². The first-order valence-corrected chi connectivity index (χ1v) is 12.4. The summed E-state index contributed by atoms with van der Waals surface area (Å²) in [6.45, 7) is 3.38. The standard InChI is InChI=1S/C22H29ClN6O10/c1-18(9-30)12(31)19(2,35)14(37-18)28-7-5-11(26-17(28)34)27-39-20(3)15(29-6-4-10(24)25-16(29)33)38-21(8-23)13(32)22(20,21)36/h4-7,12-15,30-32,35-36H,8-9H2,1-3H3,(H2,24,25,33)(H,26,27,34)/t12-,13?,14-,15-,18-,19-,20+,21?,22+/m1/s1. The van der Waals surface area contributed by atoms with Crippen LogP contribution in [0.3, 0.4) is 0 Å². The van der Waals surface area contributed by atoms with Gasteiger partial charge in [-0.25, -0.2) is 15.1 Å². The van der Waals surface area contributed by atoms with Crippen LogP contribution in [0.5, 0.6) is 0 Å². The molecule has 5 rings (SSSR count). The third-order valence-corrected chi connectivity index (χ3v) is 8.43. The predicted octanol–water partition coefficient (Wildman–Crippen LogP) is -2.81. The summed E-state index contributed by atoms with van der Waals surface area (Å²) >= 11 is 6.04. The van der Waals surface area contributed by atoms with Crippen molar-refractivity contribution < 1.29 is 39.8 Å². The third-order valence-electron chi connectivity index (χ3n) is 8.03. The van der Waals surface area contributed by atoms with E-state index in [1.54, 1.807) is 0 Å². The Morgan fingerprint density at radius 2 is 1.67 bits per heavy atom.